The van der Waals surface area contributed by atoms with Gasteiger partial charge in [0.2, 0.25) is 0 Å². The van der Waals surface area contributed by atoms with Crippen LogP contribution in [0.1, 0.15) is 31.0 Å². The third kappa shape index (κ3) is 4.27. The summed E-state index contributed by atoms with van der Waals surface area (Å²) in [7, 11) is 1.26. The van der Waals surface area contributed by atoms with Crippen molar-refractivity contribution in [3.8, 4) is 5.75 Å². The number of thiazole rings is 1. The highest BCUT2D eigenvalue weighted by molar-refractivity contribution is 7.07. The van der Waals surface area contributed by atoms with Crippen LogP contribution in [0.5, 0.6) is 5.75 Å². The highest BCUT2D eigenvalue weighted by Crippen LogP contribution is 2.31. The van der Waals surface area contributed by atoms with E-state index in [1.54, 1.807) is 49.4 Å². The first-order valence-electron chi connectivity index (χ1n) is 9.94. The molecule has 1 atom stereocenters. The third-order valence-corrected chi connectivity index (χ3v) is 6.06. The average molecular weight is 466 g/mol. The van der Waals surface area contributed by atoms with E-state index in [0.717, 1.165) is 11.3 Å². The topological polar surface area (TPSA) is 87.0 Å². The molecule has 0 spiro atoms. The molecule has 1 unspecified atom stereocenters. The van der Waals surface area contributed by atoms with Crippen molar-refractivity contribution in [2.75, 3.05) is 7.11 Å². The van der Waals surface area contributed by atoms with Crippen LogP contribution < -0.4 is 19.6 Å². The van der Waals surface area contributed by atoms with E-state index in [-0.39, 0.29) is 15.7 Å². The average Bonchev–Trinajstić information content (AvgIpc) is 3.08. The molecule has 0 saturated heterocycles. The van der Waals surface area contributed by atoms with E-state index in [1.165, 1.54) is 30.7 Å². The first-order valence-corrected chi connectivity index (χ1v) is 10.8. The van der Waals surface area contributed by atoms with E-state index < -0.39 is 29.4 Å². The number of carbonyl (C=O) groups excluding carboxylic acids is 2. The van der Waals surface area contributed by atoms with Crippen molar-refractivity contribution in [3.63, 3.8) is 0 Å². The molecular formula is C24H19FN2O5S. The first-order chi connectivity index (χ1) is 15.8. The molecule has 0 amide bonds. The van der Waals surface area contributed by atoms with Gasteiger partial charge in [-0.05, 0) is 36.8 Å². The van der Waals surface area contributed by atoms with E-state index in [1.807, 2.05) is 0 Å². The summed E-state index contributed by atoms with van der Waals surface area (Å²) in [6, 6.07) is 11.8. The van der Waals surface area contributed by atoms with Gasteiger partial charge in [-0.25, -0.2) is 14.2 Å². The number of ether oxygens (including phenoxy) is 2. The van der Waals surface area contributed by atoms with Gasteiger partial charge in [0.25, 0.3) is 5.56 Å². The molecule has 0 N–H and O–H groups in total. The Balaban J connectivity index is 1.93. The number of nitrogens with zero attached hydrogens (tertiary/aromatic N) is 2. The van der Waals surface area contributed by atoms with Gasteiger partial charge >= 0.3 is 11.9 Å². The summed E-state index contributed by atoms with van der Waals surface area (Å²) in [5, 5.41) is 0. The van der Waals surface area contributed by atoms with Gasteiger partial charge in [0.15, 0.2) is 4.80 Å². The minimum absolute atomic E-state index is 0.211. The Hall–Kier alpha value is -3.85. The van der Waals surface area contributed by atoms with E-state index in [9.17, 15) is 18.8 Å². The molecule has 4 rings (SSSR count). The van der Waals surface area contributed by atoms with Crippen LogP contribution >= 0.6 is 11.3 Å². The number of hydrogen-bond acceptors (Lipinski definition) is 7. The van der Waals surface area contributed by atoms with Crippen molar-refractivity contribution in [3.05, 3.63) is 96.4 Å². The van der Waals surface area contributed by atoms with Crippen LogP contribution in [0, 0.1) is 5.82 Å². The SMILES string of the molecule is COC(=O)C1=C(C)N=c2s/c(=C\c3ccccc3F)c(=O)n2C1c1ccc(OC(C)=O)cc1. The predicted molar refractivity (Wildman–Crippen MR) is 120 cm³/mol. The van der Waals surface area contributed by atoms with Crippen LogP contribution in [0.2, 0.25) is 0 Å². The number of halogens is 1. The number of esters is 2. The number of aromatic nitrogens is 1. The molecular weight excluding hydrogens is 447 g/mol. The van der Waals surface area contributed by atoms with Gasteiger partial charge in [-0.2, -0.15) is 0 Å². The van der Waals surface area contributed by atoms with E-state index in [0.29, 0.717) is 21.8 Å². The van der Waals surface area contributed by atoms with Crippen molar-refractivity contribution in [2.24, 2.45) is 4.99 Å². The first kappa shape index (κ1) is 22.3. The molecule has 0 bridgehead atoms. The van der Waals surface area contributed by atoms with E-state index >= 15 is 0 Å². The molecule has 1 aliphatic heterocycles. The molecule has 7 nitrogen and oxygen atoms in total. The van der Waals surface area contributed by atoms with Gasteiger partial charge in [0.05, 0.1) is 29.0 Å². The quantitative estimate of drug-likeness (QED) is 0.436. The van der Waals surface area contributed by atoms with Gasteiger partial charge in [-0.15, -0.1) is 0 Å². The van der Waals surface area contributed by atoms with Gasteiger partial charge in [0.1, 0.15) is 11.6 Å². The molecule has 2 heterocycles. The highest BCUT2D eigenvalue weighted by Gasteiger charge is 2.33. The molecule has 9 heteroatoms. The third-order valence-electron chi connectivity index (χ3n) is 5.08. The van der Waals surface area contributed by atoms with Crippen molar-refractivity contribution >= 4 is 29.4 Å². The minimum Gasteiger partial charge on any atom is -0.466 e. The standard InChI is InChI=1S/C24H19FN2O5S/c1-13-20(23(30)31-3)21(15-8-10-17(11-9-15)32-14(2)28)27-22(29)19(33-24(27)26-13)12-16-6-4-5-7-18(16)25/h4-12,21H,1-3H3/b19-12-. The summed E-state index contributed by atoms with van der Waals surface area (Å²) >= 11 is 1.11. The number of methoxy groups -OCH3 is 1. The zero-order valence-corrected chi connectivity index (χ0v) is 18.8. The monoisotopic (exact) mass is 466 g/mol. The number of fused-ring (bicyclic) bond motifs is 1. The number of allylic oxidation sites excluding steroid dienone is 1. The van der Waals surface area contributed by atoms with Gasteiger partial charge in [-0.1, -0.05) is 41.7 Å². The molecule has 0 fully saturated rings. The van der Waals surface area contributed by atoms with Crippen LogP contribution in [0.15, 0.2) is 69.6 Å². The van der Waals surface area contributed by atoms with Crippen molar-refractivity contribution in [1.29, 1.82) is 0 Å². The second-order valence-corrected chi connectivity index (χ2v) is 8.27. The smallest absolute Gasteiger partial charge is 0.338 e. The maximum absolute atomic E-state index is 14.2. The molecule has 168 valence electrons. The molecule has 1 aliphatic rings. The fourth-order valence-electron chi connectivity index (χ4n) is 3.63. The summed E-state index contributed by atoms with van der Waals surface area (Å²) in [5.41, 5.74) is 1.08. The molecule has 2 aromatic carbocycles. The number of carbonyl (C=O) groups is 2. The van der Waals surface area contributed by atoms with Gasteiger partial charge < -0.3 is 9.47 Å². The summed E-state index contributed by atoms with van der Waals surface area (Å²) in [6.07, 6.45) is 1.47. The van der Waals surface area contributed by atoms with Crippen molar-refractivity contribution in [2.45, 2.75) is 19.9 Å². The van der Waals surface area contributed by atoms with Crippen LogP contribution in [-0.4, -0.2) is 23.6 Å². The molecule has 0 saturated carbocycles. The predicted octanol–water partition coefficient (Wildman–Crippen LogP) is 2.47. The van der Waals surface area contributed by atoms with Crippen molar-refractivity contribution < 1.29 is 23.5 Å². The normalized spacial score (nSPS) is 15.6. The van der Waals surface area contributed by atoms with Crippen LogP contribution in [0.4, 0.5) is 4.39 Å². The maximum Gasteiger partial charge on any atom is 0.338 e. The lowest BCUT2D eigenvalue weighted by Crippen LogP contribution is -2.39. The fourth-order valence-corrected chi connectivity index (χ4v) is 4.66. The second kappa shape index (κ2) is 8.95. The Morgan fingerprint density at radius 3 is 2.48 bits per heavy atom. The molecule has 33 heavy (non-hydrogen) atoms. The Kier molecular flexibility index (Phi) is 6.06. The Bertz CT molecular complexity index is 1470. The number of benzene rings is 2. The minimum atomic E-state index is -0.817. The van der Waals surface area contributed by atoms with E-state index in [4.69, 9.17) is 9.47 Å². The molecule has 0 radical (unpaired) electrons. The lowest BCUT2D eigenvalue weighted by molar-refractivity contribution is -0.136. The van der Waals surface area contributed by atoms with Crippen LogP contribution in [-0.2, 0) is 14.3 Å². The summed E-state index contributed by atoms with van der Waals surface area (Å²) < 4.78 is 25.9. The summed E-state index contributed by atoms with van der Waals surface area (Å²) in [5.74, 6) is -1.20. The van der Waals surface area contributed by atoms with Gasteiger partial charge in [-0.3, -0.25) is 14.2 Å². The maximum atomic E-state index is 14.2. The molecule has 1 aromatic heterocycles. The van der Waals surface area contributed by atoms with E-state index in [2.05, 4.69) is 4.99 Å². The second-order valence-electron chi connectivity index (χ2n) is 7.26. The van der Waals surface area contributed by atoms with Crippen molar-refractivity contribution in [1.82, 2.24) is 4.57 Å². The number of hydrogen-bond donors (Lipinski definition) is 0. The zero-order valence-electron chi connectivity index (χ0n) is 18.0. The molecule has 0 aliphatic carbocycles. The fraction of sp³-hybridized carbons (Fsp3) is 0.167. The summed E-state index contributed by atoms with van der Waals surface area (Å²) in [4.78, 5) is 42.1. The zero-order chi connectivity index (χ0) is 23.7. The highest BCUT2D eigenvalue weighted by atomic mass is 32.1. The van der Waals surface area contributed by atoms with Crippen LogP contribution in [0.3, 0.4) is 0 Å². The molecule has 3 aromatic rings. The Morgan fingerprint density at radius 2 is 1.85 bits per heavy atom. The van der Waals surface area contributed by atoms with Crippen LogP contribution in [0.25, 0.3) is 6.08 Å². The lowest BCUT2D eigenvalue weighted by Gasteiger charge is -2.24. The number of rotatable bonds is 4. The Morgan fingerprint density at radius 1 is 1.15 bits per heavy atom. The Labute approximate surface area is 191 Å². The lowest BCUT2D eigenvalue weighted by atomic mass is 9.96. The van der Waals surface area contributed by atoms with Gasteiger partial charge in [0, 0.05) is 12.5 Å². The summed E-state index contributed by atoms with van der Waals surface area (Å²) in [6.45, 7) is 2.96. The largest absolute Gasteiger partial charge is 0.466 e.